The first-order valence-corrected chi connectivity index (χ1v) is 8.04. The van der Waals surface area contributed by atoms with E-state index in [4.69, 9.17) is 4.74 Å². The first-order chi connectivity index (χ1) is 12.1. The van der Waals surface area contributed by atoms with Crippen molar-refractivity contribution in [1.82, 2.24) is 4.90 Å². The number of hydrogen-bond acceptors (Lipinski definition) is 4. The van der Waals surface area contributed by atoms with Crippen LogP contribution in [0.1, 0.15) is 24.4 Å². The third-order valence-electron chi connectivity index (χ3n) is 4.32. The fourth-order valence-electron chi connectivity index (χ4n) is 3.07. The molecule has 0 aromatic heterocycles. The highest BCUT2D eigenvalue weighted by atomic mass is 16.6. The zero-order valence-electron chi connectivity index (χ0n) is 13.8. The van der Waals surface area contributed by atoms with E-state index in [9.17, 15) is 14.9 Å². The smallest absolute Gasteiger partial charge is 0.322 e. The van der Waals surface area contributed by atoms with Crippen LogP contribution in [0.3, 0.4) is 0 Å². The van der Waals surface area contributed by atoms with Crippen LogP contribution >= 0.6 is 0 Å². The highest BCUT2D eigenvalue weighted by Gasteiger charge is 2.30. The fourth-order valence-corrected chi connectivity index (χ4v) is 3.07. The van der Waals surface area contributed by atoms with Crippen LogP contribution in [0.25, 0.3) is 0 Å². The Morgan fingerprint density at radius 1 is 1.28 bits per heavy atom. The topological polar surface area (TPSA) is 84.7 Å². The van der Waals surface area contributed by atoms with Gasteiger partial charge in [0.25, 0.3) is 5.69 Å². The predicted molar refractivity (Wildman–Crippen MR) is 93.8 cm³/mol. The fraction of sp³-hybridized carbons (Fsp3) is 0.278. The van der Waals surface area contributed by atoms with Crippen molar-refractivity contribution in [2.75, 3.05) is 19.0 Å². The first-order valence-electron chi connectivity index (χ1n) is 8.04. The number of carbonyl (C=O) groups is 1. The number of nitro groups is 1. The largest absolute Gasteiger partial charge is 0.497 e. The maximum absolute atomic E-state index is 12.6. The molecule has 1 atom stereocenters. The number of hydrogen-bond donors (Lipinski definition) is 1. The van der Waals surface area contributed by atoms with E-state index in [1.54, 1.807) is 24.1 Å². The molecule has 2 aromatic rings. The molecule has 3 rings (SSSR count). The van der Waals surface area contributed by atoms with E-state index in [0.29, 0.717) is 12.2 Å². The first kappa shape index (κ1) is 16.8. The van der Waals surface area contributed by atoms with Crippen molar-refractivity contribution in [2.24, 2.45) is 0 Å². The van der Waals surface area contributed by atoms with Crippen LogP contribution in [0.5, 0.6) is 5.75 Å². The second kappa shape index (κ2) is 7.21. The van der Waals surface area contributed by atoms with Gasteiger partial charge in [-0.05, 0) is 36.6 Å². The number of nitrogens with one attached hydrogen (secondary N) is 1. The number of ether oxygens (including phenoxy) is 1. The lowest BCUT2D eigenvalue weighted by Crippen LogP contribution is -2.34. The lowest BCUT2D eigenvalue weighted by Gasteiger charge is -2.25. The Hall–Kier alpha value is -3.09. The van der Waals surface area contributed by atoms with Crippen molar-refractivity contribution < 1.29 is 14.5 Å². The van der Waals surface area contributed by atoms with Crippen molar-refractivity contribution in [3.05, 3.63) is 64.2 Å². The number of nitrogens with zero attached hydrogens (tertiary/aromatic N) is 2. The average Bonchev–Trinajstić information content (AvgIpc) is 3.12. The molecule has 0 bridgehead atoms. The molecule has 1 saturated heterocycles. The summed E-state index contributed by atoms with van der Waals surface area (Å²) in [6, 6.07) is 13.4. The van der Waals surface area contributed by atoms with Gasteiger partial charge in [-0.25, -0.2) is 4.79 Å². The van der Waals surface area contributed by atoms with E-state index in [1.165, 1.54) is 12.1 Å². The van der Waals surface area contributed by atoms with Gasteiger partial charge in [0, 0.05) is 24.4 Å². The lowest BCUT2D eigenvalue weighted by molar-refractivity contribution is -0.384. The molecule has 25 heavy (non-hydrogen) atoms. The van der Waals surface area contributed by atoms with Crippen molar-refractivity contribution in [3.63, 3.8) is 0 Å². The number of methoxy groups -OCH3 is 1. The van der Waals surface area contributed by atoms with Crippen molar-refractivity contribution in [3.8, 4) is 5.75 Å². The minimum Gasteiger partial charge on any atom is -0.497 e. The number of urea groups is 1. The summed E-state index contributed by atoms with van der Waals surface area (Å²) in [6.07, 6.45) is 1.80. The minimum absolute atomic E-state index is 0.00963. The molecule has 0 spiro atoms. The molecule has 1 N–H and O–H groups in total. The van der Waals surface area contributed by atoms with Crippen LogP contribution in [0.2, 0.25) is 0 Å². The molecule has 1 aliphatic heterocycles. The molecule has 2 aromatic carbocycles. The normalized spacial score (nSPS) is 16.5. The third kappa shape index (κ3) is 3.71. The van der Waals surface area contributed by atoms with Gasteiger partial charge in [-0.15, -0.1) is 0 Å². The summed E-state index contributed by atoms with van der Waals surface area (Å²) < 4.78 is 5.17. The van der Waals surface area contributed by atoms with Gasteiger partial charge < -0.3 is 15.0 Å². The number of nitro benzene ring substituents is 1. The predicted octanol–water partition coefficient (Wildman–Crippen LogP) is 3.97. The number of amides is 2. The van der Waals surface area contributed by atoms with E-state index in [0.717, 1.165) is 24.2 Å². The maximum Gasteiger partial charge on any atom is 0.322 e. The van der Waals surface area contributed by atoms with Crippen LogP contribution in [0.15, 0.2) is 48.5 Å². The summed E-state index contributed by atoms with van der Waals surface area (Å²) >= 11 is 0. The van der Waals surface area contributed by atoms with Crippen LogP contribution in [0.4, 0.5) is 16.2 Å². The van der Waals surface area contributed by atoms with Gasteiger partial charge in [0.15, 0.2) is 0 Å². The van der Waals surface area contributed by atoms with E-state index in [2.05, 4.69) is 5.32 Å². The molecule has 7 heteroatoms. The highest BCUT2D eigenvalue weighted by molar-refractivity contribution is 5.90. The van der Waals surface area contributed by atoms with Gasteiger partial charge in [0.1, 0.15) is 5.75 Å². The quantitative estimate of drug-likeness (QED) is 0.673. The van der Waals surface area contributed by atoms with Crippen LogP contribution in [0, 0.1) is 10.1 Å². The zero-order chi connectivity index (χ0) is 17.8. The lowest BCUT2D eigenvalue weighted by atomic mass is 10.0. The molecule has 1 heterocycles. The number of benzene rings is 2. The molecule has 130 valence electrons. The average molecular weight is 341 g/mol. The Kier molecular flexibility index (Phi) is 4.83. The molecule has 1 aliphatic rings. The summed E-state index contributed by atoms with van der Waals surface area (Å²) in [7, 11) is 1.61. The summed E-state index contributed by atoms with van der Waals surface area (Å²) in [5, 5.41) is 13.6. The van der Waals surface area contributed by atoms with Crippen LogP contribution in [-0.2, 0) is 0 Å². The van der Waals surface area contributed by atoms with Gasteiger partial charge in [-0.3, -0.25) is 10.1 Å². The standard InChI is InChI=1S/C18H19N3O4/c1-25-16-9-7-13(8-10-16)17-6-3-11-20(17)18(22)19-14-4-2-5-15(12-14)21(23)24/h2,4-5,7-10,12,17H,3,6,11H2,1H3,(H,19,22). The number of rotatable bonds is 4. The van der Waals surface area contributed by atoms with Gasteiger partial charge >= 0.3 is 6.03 Å². The zero-order valence-corrected chi connectivity index (χ0v) is 13.8. The summed E-state index contributed by atoms with van der Waals surface area (Å²) in [4.78, 5) is 24.8. The Labute approximate surface area is 145 Å². The van der Waals surface area contributed by atoms with Crippen LogP contribution < -0.4 is 10.1 Å². The molecule has 0 saturated carbocycles. The van der Waals surface area contributed by atoms with Crippen molar-refractivity contribution in [2.45, 2.75) is 18.9 Å². The molecule has 2 amide bonds. The minimum atomic E-state index is -0.480. The number of non-ortho nitro benzene ring substituents is 1. The molecule has 1 fully saturated rings. The number of anilines is 1. The number of carbonyl (C=O) groups excluding carboxylic acids is 1. The van der Waals surface area contributed by atoms with Gasteiger partial charge in [-0.2, -0.15) is 0 Å². The summed E-state index contributed by atoms with van der Waals surface area (Å²) in [5.41, 5.74) is 1.41. The van der Waals surface area contributed by atoms with Crippen LogP contribution in [-0.4, -0.2) is 29.5 Å². The van der Waals surface area contributed by atoms with Gasteiger partial charge in [0.2, 0.25) is 0 Å². The molecule has 0 radical (unpaired) electrons. The maximum atomic E-state index is 12.6. The second-order valence-corrected chi connectivity index (χ2v) is 5.86. The van der Waals surface area contributed by atoms with E-state index < -0.39 is 4.92 Å². The Morgan fingerprint density at radius 3 is 2.72 bits per heavy atom. The number of likely N-dealkylation sites (tertiary alicyclic amines) is 1. The Morgan fingerprint density at radius 2 is 2.04 bits per heavy atom. The molecule has 0 aliphatic carbocycles. The van der Waals surface area contributed by atoms with Gasteiger partial charge in [0.05, 0.1) is 18.1 Å². The Balaban J connectivity index is 1.74. The summed E-state index contributed by atoms with van der Waals surface area (Å²) in [6.45, 7) is 0.650. The highest BCUT2D eigenvalue weighted by Crippen LogP contribution is 2.33. The van der Waals surface area contributed by atoms with Gasteiger partial charge in [-0.1, -0.05) is 18.2 Å². The molecule has 7 nitrogen and oxygen atoms in total. The summed E-state index contributed by atoms with van der Waals surface area (Å²) in [5.74, 6) is 0.773. The van der Waals surface area contributed by atoms with Crippen molar-refractivity contribution in [1.29, 1.82) is 0 Å². The molecular weight excluding hydrogens is 322 g/mol. The third-order valence-corrected chi connectivity index (χ3v) is 4.32. The molecule has 1 unspecified atom stereocenters. The van der Waals surface area contributed by atoms with E-state index in [-0.39, 0.29) is 17.8 Å². The van der Waals surface area contributed by atoms with Crippen molar-refractivity contribution >= 4 is 17.4 Å². The second-order valence-electron chi connectivity index (χ2n) is 5.86. The molecular formula is C18H19N3O4. The Bertz CT molecular complexity index is 776. The monoisotopic (exact) mass is 341 g/mol. The van der Waals surface area contributed by atoms with E-state index >= 15 is 0 Å². The SMILES string of the molecule is COc1ccc(C2CCCN2C(=O)Nc2cccc([N+](=O)[O-])c2)cc1. The van der Waals surface area contributed by atoms with E-state index in [1.807, 2.05) is 24.3 Å².